The summed E-state index contributed by atoms with van der Waals surface area (Å²) in [5.74, 6) is 0.413. The smallest absolute Gasteiger partial charge is 0.276 e. The molecule has 2 aromatic rings. The van der Waals surface area contributed by atoms with E-state index in [9.17, 15) is 4.79 Å². The summed E-state index contributed by atoms with van der Waals surface area (Å²) in [5.41, 5.74) is 3.61. The van der Waals surface area contributed by atoms with Crippen LogP contribution in [0.4, 0.5) is 0 Å². The molecule has 3 rings (SSSR count). The van der Waals surface area contributed by atoms with Crippen LogP contribution in [0.25, 0.3) is 5.65 Å². The minimum atomic E-state index is 0.0903. The fourth-order valence-corrected chi connectivity index (χ4v) is 2.95. The van der Waals surface area contributed by atoms with Crippen LogP contribution in [0, 0.1) is 13.8 Å². The highest BCUT2D eigenvalue weighted by atomic mass is 16.1. The minimum absolute atomic E-state index is 0.0903. The van der Waals surface area contributed by atoms with Gasteiger partial charge in [-0.1, -0.05) is 12.8 Å². The van der Waals surface area contributed by atoms with Crippen LogP contribution in [0.1, 0.15) is 48.6 Å². The molecule has 1 aliphatic rings. The van der Waals surface area contributed by atoms with Crippen molar-refractivity contribution in [2.45, 2.75) is 45.4 Å². The van der Waals surface area contributed by atoms with Crippen LogP contribution in [0.15, 0.2) is 10.9 Å². The van der Waals surface area contributed by atoms with E-state index in [1.807, 2.05) is 19.9 Å². The summed E-state index contributed by atoms with van der Waals surface area (Å²) in [6, 6.07) is 1.91. The molecule has 2 heterocycles. The second-order valence-electron chi connectivity index (χ2n) is 5.03. The Morgan fingerprint density at radius 2 is 2.06 bits per heavy atom. The van der Waals surface area contributed by atoms with Gasteiger partial charge in [0.15, 0.2) is 5.65 Å². The zero-order chi connectivity index (χ0) is 12.0. The molecule has 1 fully saturated rings. The molecular formula is C13H17N3O. The second-order valence-corrected chi connectivity index (χ2v) is 5.03. The Hall–Kier alpha value is -1.58. The summed E-state index contributed by atoms with van der Waals surface area (Å²) >= 11 is 0. The number of nitrogens with one attached hydrogen (secondary N) is 1. The minimum Gasteiger partial charge on any atom is -0.294 e. The van der Waals surface area contributed by atoms with Crippen LogP contribution < -0.4 is 5.56 Å². The first-order valence-electron chi connectivity index (χ1n) is 6.25. The Morgan fingerprint density at radius 3 is 2.76 bits per heavy atom. The van der Waals surface area contributed by atoms with Crippen LogP contribution >= 0.6 is 0 Å². The molecule has 1 N–H and O–H groups in total. The number of aryl methyl sites for hydroxylation is 2. The van der Waals surface area contributed by atoms with E-state index in [1.165, 1.54) is 12.8 Å². The number of H-pyrrole nitrogens is 1. The lowest BCUT2D eigenvalue weighted by atomic mass is 9.98. The molecule has 0 radical (unpaired) electrons. The topological polar surface area (TPSA) is 50.2 Å². The van der Waals surface area contributed by atoms with Gasteiger partial charge >= 0.3 is 0 Å². The molecule has 1 aliphatic carbocycles. The lowest BCUT2D eigenvalue weighted by molar-refractivity contribution is 0.686. The zero-order valence-electron chi connectivity index (χ0n) is 10.3. The van der Waals surface area contributed by atoms with Crippen molar-refractivity contribution >= 4 is 5.65 Å². The van der Waals surface area contributed by atoms with Crippen LogP contribution in [-0.2, 0) is 0 Å². The summed E-state index contributed by atoms with van der Waals surface area (Å²) in [6.07, 6.45) is 4.72. The van der Waals surface area contributed by atoms with Gasteiger partial charge in [-0.2, -0.15) is 0 Å². The Morgan fingerprint density at radius 1 is 1.35 bits per heavy atom. The zero-order valence-corrected chi connectivity index (χ0v) is 10.3. The van der Waals surface area contributed by atoms with E-state index >= 15 is 0 Å². The molecule has 90 valence electrons. The average molecular weight is 231 g/mol. The molecule has 2 aromatic heterocycles. The van der Waals surface area contributed by atoms with Crippen LogP contribution in [0.2, 0.25) is 0 Å². The highest BCUT2D eigenvalue weighted by molar-refractivity contribution is 5.42. The van der Waals surface area contributed by atoms with Gasteiger partial charge in [0.1, 0.15) is 0 Å². The lowest BCUT2D eigenvalue weighted by Gasteiger charge is -2.11. The van der Waals surface area contributed by atoms with Crippen LogP contribution in [-0.4, -0.2) is 14.6 Å². The van der Waals surface area contributed by atoms with Crippen molar-refractivity contribution in [1.82, 2.24) is 14.6 Å². The fraction of sp³-hybridized carbons (Fsp3) is 0.538. The van der Waals surface area contributed by atoms with E-state index in [4.69, 9.17) is 0 Å². The maximum atomic E-state index is 12.4. The van der Waals surface area contributed by atoms with Gasteiger partial charge in [-0.05, 0) is 32.6 Å². The van der Waals surface area contributed by atoms with Crippen molar-refractivity contribution < 1.29 is 0 Å². The van der Waals surface area contributed by atoms with E-state index in [2.05, 4.69) is 10.1 Å². The van der Waals surface area contributed by atoms with Gasteiger partial charge < -0.3 is 0 Å². The number of hydrogen-bond donors (Lipinski definition) is 1. The molecule has 4 heteroatoms. The number of aromatic amines is 1. The van der Waals surface area contributed by atoms with Gasteiger partial charge in [-0.15, -0.1) is 0 Å². The molecule has 0 aromatic carbocycles. The maximum Gasteiger partial charge on any atom is 0.276 e. The van der Waals surface area contributed by atoms with Gasteiger partial charge in [-0.3, -0.25) is 9.89 Å². The first-order chi connectivity index (χ1) is 8.16. The molecule has 17 heavy (non-hydrogen) atoms. The second kappa shape index (κ2) is 3.72. The third-order valence-electron chi connectivity index (χ3n) is 3.73. The van der Waals surface area contributed by atoms with E-state index < -0.39 is 0 Å². The first kappa shape index (κ1) is 10.6. The molecule has 1 saturated carbocycles. The summed E-state index contributed by atoms with van der Waals surface area (Å²) in [6.45, 7) is 3.90. The number of nitrogens with zero attached hydrogens (tertiary/aromatic N) is 2. The molecule has 0 amide bonds. The van der Waals surface area contributed by atoms with Crippen molar-refractivity contribution in [2.75, 3.05) is 0 Å². The molecule has 0 atom stereocenters. The normalized spacial score (nSPS) is 17.1. The van der Waals surface area contributed by atoms with Gasteiger partial charge in [-0.25, -0.2) is 9.50 Å². The summed E-state index contributed by atoms with van der Waals surface area (Å²) in [5, 5.41) is 3.06. The van der Waals surface area contributed by atoms with Crippen molar-refractivity contribution in [3.63, 3.8) is 0 Å². The Labute approximate surface area is 99.7 Å². The fourth-order valence-electron chi connectivity index (χ4n) is 2.95. The molecule has 0 spiro atoms. The number of aromatic nitrogens is 3. The van der Waals surface area contributed by atoms with Gasteiger partial charge in [0.25, 0.3) is 5.56 Å². The Balaban J connectivity index is 2.26. The number of rotatable bonds is 1. The van der Waals surface area contributed by atoms with Gasteiger partial charge in [0.05, 0.1) is 0 Å². The van der Waals surface area contributed by atoms with Gasteiger partial charge in [0.2, 0.25) is 0 Å². The Kier molecular flexibility index (Phi) is 2.31. The molecular weight excluding hydrogens is 214 g/mol. The van der Waals surface area contributed by atoms with Crippen LogP contribution in [0.5, 0.6) is 0 Å². The van der Waals surface area contributed by atoms with Crippen LogP contribution in [0.3, 0.4) is 0 Å². The van der Waals surface area contributed by atoms with Crippen molar-refractivity contribution in [3.8, 4) is 0 Å². The van der Waals surface area contributed by atoms with E-state index in [1.54, 1.807) is 4.52 Å². The summed E-state index contributed by atoms with van der Waals surface area (Å²) < 4.78 is 1.58. The highest BCUT2D eigenvalue weighted by Crippen LogP contribution is 2.33. The predicted octanol–water partition coefficient (Wildman–Crippen LogP) is 2.30. The van der Waals surface area contributed by atoms with Gasteiger partial charge in [0, 0.05) is 23.0 Å². The molecule has 4 nitrogen and oxygen atoms in total. The lowest BCUT2D eigenvalue weighted by Crippen LogP contribution is -2.23. The van der Waals surface area contributed by atoms with Crippen molar-refractivity contribution in [2.24, 2.45) is 0 Å². The number of fused-ring (bicyclic) bond motifs is 1. The quantitative estimate of drug-likeness (QED) is 0.818. The molecule has 0 saturated heterocycles. The molecule has 0 bridgehead atoms. The van der Waals surface area contributed by atoms with E-state index in [-0.39, 0.29) is 5.56 Å². The maximum absolute atomic E-state index is 12.4. The van der Waals surface area contributed by atoms with Crippen molar-refractivity contribution in [3.05, 3.63) is 33.4 Å². The molecule has 0 aliphatic heterocycles. The van der Waals surface area contributed by atoms with Crippen molar-refractivity contribution in [1.29, 1.82) is 0 Å². The van der Waals surface area contributed by atoms with E-state index in [0.717, 1.165) is 35.4 Å². The third kappa shape index (κ3) is 1.59. The third-order valence-corrected chi connectivity index (χ3v) is 3.73. The standard InChI is InChI=1S/C13H17N3O/c1-8-7-11-14-9(2)12(10-5-3-4-6-10)13(17)16(11)15-8/h7,10,15H,3-6H2,1-2H3. The summed E-state index contributed by atoms with van der Waals surface area (Å²) in [4.78, 5) is 17.0. The highest BCUT2D eigenvalue weighted by Gasteiger charge is 2.23. The largest absolute Gasteiger partial charge is 0.294 e. The van der Waals surface area contributed by atoms with E-state index in [0.29, 0.717) is 5.92 Å². The molecule has 0 unspecified atom stereocenters. The SMILES string of the molecule is Cc1cc2nc(C)c(C3CCCC3)c(=O)n2[nH]1. The number of hydrogen-bond acceptors (Lipinski definition) is 2. The Bertz CT molecular complexity index is 617. The summed E-state index contributed by atoms with van der Waals surface area (Å²) in [7, 11) is 0. The predicted molar refractivity (Wildman–Crippen MR) is 66.5 cm³/mol. The average Bonchev–Trinajstić information content (AvgIpc) is 2.87. The monoisotopic (exact) mass is 231 g/mol. The first-order valence-corrected chi connectivity index (χ1v) is 6.25.